The number of hydrogen-bond donors (Lipinski definition) is 1. The molecule has 0 saturated carbocycles. The van der Waals surface area contributed by atoms with E-state index in [9.17, 15) is 14.9 Å². The van der Waals surface area contributed by atoms with E-state index in [1.165, 1.54) is 6.07 Å². The van der Waals surface area contributed by atoms with E-state index < -0.39 is 4.92 Å². The van der Waals surface area contributed by atoms with Crippen LogP contribution in [0, 0.1) is 10.1 Å². The molecule has 1 aliphatic rings. The molecule has 0 radical (unpaired) electrons. The van der Waals surface area contributed by atoms with Crippen LogP contribution in [0.5, 0.6) is 0 Å². The molecule has 1 atom stereocenters. The van der Waals surface area contributed by atoms with Crippen LogP contribution in [0.25, 0.3) is 0 Å². The molecular formula is C12H16N4O4. The number of carbonyl (C=O) groups is 1. The molecule has 1 saturated heterocycles. The highest BCUT2D eigenvalue weighted by atomic mass is 16.6. The number of hydrogen-bond acceptors (Lipinski definition) is 6. The normalized spacial score (nSPS) is 18.1. The maximum absolute atomic E-state index is 12.4. The second-order valence-electron chi connectivity index (χ2n) is 4.49. The predicted octanol–water partition coefficient (Wildman–Crippen LogP) is 0.892. The zero-order valence-corrected chi connectivity index (χ0v) is 11.3. The lowest BCUT2D eigenvalue weighted by atomic mass is 10.2. The monoisotopic (exact) mass is 280 g/mol. The molecule has 1 aromatic heterocycles. The van der Waals surface area contributed by atoms with Crippen LogP contribution < -0.4 is 5.32 Å². The number of likely N-dealkylation sites (tertiary alicyclic amines) is 1. The van der Waals surface area contributed by atoms with E-state index in [2.05, 4.69) is 10.3 Å². The SMILES string of the molecule is CNc1ncc([N+](=O)[O-])cc1C(=O)N1CCC(OC)C1. The molecule has 2 heterocycles. The maximum Gasteiger partial charge on any atom is 0.288 e. The Morgan fingerprint density at radius 1 is 1.65 bits per heavy atom. The van der Waals surface area contributed by atoms with E-state index in [4.69, 9.17) is 4.74 Å². The molecule has 1 fully saturated rings. The van der Waals surface area contributed by atoms with E-state index in [0.717, 1.165) is 12.6 Å². The molecule has 0 bridgehead atoms. The summed E-state index contributed by atoms with van der Waals surface area (Å²) in [4.78, 5) is 28.2. The zero-order valence-electron chi connectivity index (χ0n) is 11.3. The van der Waals surface area contributed by atoms with Crippen molar-refractivity contribution >= 4 is 17.4 Å². The second-order valence-corrected chi connectivity index (χ2v) is 4.49. The highest BCUT2D eigenvalue weighted by Gasteiger charge is 2.29. The van der Waals surface area contributed by atoms with E-state index in [1.807, 2.05) is 0 Å². The maximum atomic E-state index is 12.4. The second kappa shape index (κ2) is 5.83. The first-order valence-corrected chi connectivity index (χ1v) is 6.21. The van der Waals surface area contributed by atoms with Gasteiger partial charge in [-0.3, -0.25) is 14.9 Å². The average Bonchev–Trinajstić information content (AvgIpc) is 2.94. The minimum absolute atomic E-state index is 0.0173. The first-order chi connectivity index (χ1) is 9.56. The van der Waals surface area contributed by atoms with Crippen molar-refractivity contribution in [2.75, 3.05) is 32.6 Å². The number of methoxy groups -OCH3 is 1. The Kier molecular flexibility index (Phi) is 4.14. The Balaban J connectivity index is 2.28. The molecule has 8 nitrogen and oxygen atoms in total. The summed E-state index contributed by atoms with van der Waals surface area (Å²) >= 11 is 0. The summed E-state index contributed by atoms with van der Waals surface area (Å²) in [6.45, 7) is 1.06. The van der Waals surface area contributed by atoms with Gasteiger partial charge < -0.3 is 15.0 Å². The highest BCUT2D eigenvalue weighted by molar-refractivity contribution is 5.99. The number of anilines is 1. The number of amides is 1. The fourth-order valence-electron chi connectivity index (χ4n) is 2.19. The van der Waals surface area contributed by atoms with Crippen molar-refractivity contribution in [2.45, 2.75) is 12.5 Å². The van der Waals surface area contributed by atoms with Gasteiger partial charge in [0.25, 0.3) is 11.6 Å². The van der Waals surface area contributed by atoms with Gasteiger partial charge in [-0.1, -0.05) is 0 Å². The first-order valence-electron chi connectivity index (χ1n) is 6.21. The summed E-state index contributed by atoms with van der Waals surface area (Å²) in [5.41, 5.74) is 0.00768. The molecule has 108 valence electrons. The van der Waals surface area contributed by atoms with Gasteiger partial charge >= 0.3 is 0 Å². The molecule has 2 rings (SSSR count). The Morgan fingerprint density at radius 3 is 2.95 bits per heavy atom. The van der Waals surface area contributed by atoms with E-state index >= 15 is 0 Å². The molecule has 1 aliphatic heterocycles. The third kappa shape index (κ3) is 2.69. The van der Waals surface area contributed by atoms with Crippen molar-refractivity contribution in [2.24, 2.45) is 0 Å². The zero-order chi connectivity index (χ0) is 14.7. The number of nitro groups is 1. The topological polar surface area (TPSA) is 97.6 Å². The molecule has 1 unspecified atom stereocenters. The smallest absolute Gasteiger partial charge is 0.288 e. The fraction of sp³-hybridized carbons (Fsp3) is 0.500. The Bertz CT molecular complexity index is 534. The van der Waals surface area contributed by atoms with Gasteiger partial charge in [-0.05, 0) is 6.42 Å². The van der Waals surface area contributed by atoms with Crippen molar-refractivity contribution in [1.29, 1.82) is 0 Å². The van der Waals surface area contributed by atoms with Crippen molar-refractivity contribution in [3.63, 3.8) is 0 Å². The van der Waals surface area contributed by atoms with Crippen LogP contribution in [0.1, 0.15) is 16.8 Å². The summed E-state index contributed by atoms with van der Waals surface area (Å²) in [5.74, 6) is 0.0616. The summed E-state index contributed by atoms with van der Waals surface area (Å²) in [6.07, 6.45) is 1.91. The van der Waals surface area contributed by atoms with Crippen LogP contribution in [0.15, 0.2) is 12.3 Å². The third-order valence-electron chi connectivity index (χ3n) is 3.32. The van der Waals surface area contributed by atoms with Gasteiger partial charge in [-0.15, -0.1) is 0 Å². The lowest BCUT2D eigenvalue weighted by Crippen LogP contribution is -2.30. The van der Waals surface area contributed by atoms with Crippen LogP contribution in [0.3, 0.4) is 0 Å². The number of nitrogens with one attached hydrogen (secondary N) is 1. The van der Waals surface area contributed by atoms with Crippen molar-refractivity contribution in [3.05, 3.63) is 27.9 Å². The van der Waals surface area contributed by atoms with Crippen molar-refractivity contribution in [1.82, 2.24) is 9.88 Å². The number of carbonyl (C=O) groups excluding carboxylic acids is 1. The van der Waals surface area contributed by atoms with Gasteiger partial charge in [0.1, 0.15) is 12.0 Å². The number of pyridine rings is 1. The number of rotatable bonds is 4. The van der Waals surface area contributed by atoms with Crippen molar-refractivity contribution < 1.29 is 14.5 Å². The van der Waals surface area contributed by atoms with Crippen molar-refractivity contribution in [3.8, 4) is 0 Å². The quantitative estimate of drug-likeness (QED) is 0.649. The van der Waals surface area contributed by atoms with E-state index in [-0.39, 0.29) is 23.3 Å². The van der Waals surface area contributed by atoms with Crippen LogP contribution in [0.4, 0.5) is 11.5 Å². The molecule has 0 aliphatic carbocycles. The summed E-state index contributed by atoms with van der Waals surface area (Å²) in [7, 11) is 3.22. The number of aromatic nitrogens is 1. The van der Waals surface area contributed by atoms with Gasteiger partial charge in [0.05, 0.1) is 16.6 Å². The minimum atomic E-state index is -0.564. The molecule has 1 amide bonds. The minimum Gasteiger partial charge on any atom is -0.380 e. The summed E-state index contributed by atoms with van der Waals surface area (Å²) in [5, 5.41) is 13.6. The lowest BCUT2D eigenvalue weighted by molar-refractivity contribution is -0.385. The van der Waals surface area contributed by atoms with Gasteiger partial charge in [0, 0.05) is 33.3 Å². The Morgan fingerprint density at radius 2 is 2.40 bits per heavy atom. The number of nitrogens with zero attached hydrogens (tertiary/aromatic N) is 3. The van der Waals surface area contributed by atoms with Gasteiger partial charge in [-0.25, -0.2) is 4.98 Å². The van der Waals surface area contributed by atoms with Gasteiger partial charge in [-0.2, -0.15) is 0 Å². The summed E-state index contributed by atoms with van der Waals surface area (Å²) < 4.78 is 5.21. The summed E-state index contributed by atoms with van der Waals surface area (Å²) in [6, 6.07) is 1.25. The predicted molar refractivity (Wildman–Crippen MR) is 71.8 cm³/mol. The van der Waals surface area contributed by atoms with Crippen LogP contribution in [-0.2, 0) is 4.74 Å². The Labute approximate surface area is 115 Å². The largest absolute Gasteiger partial charge is 0.380 e. The lowest BCUT2D eigenvalue weighted by Gasteiger charge is -2.17. The third-order valence-corrected chi connectivity index (χ3v) is 3.32. The molecule has 8 heteroatoms. The Hall–Kier alpha value is -2.22. The highest BCUT2D eigenvalue weighted by Crippen LogP contribution is 2.23. The molecule has 1 N–H and O–H groups in total. The molecule has 0 spiro atoms. The number of ether oxygens (including phenoxy) is 1. The molecule has 20 heavy (non-hydrogen) atoms. The van der Waals surface area contributed by atoms with Gasteiger partial charge in [0.15, 0.2) is 0 Å². The average molecular weight is 280 g/mol. The van der Waals surface area contributed by atoms with Crippen LogP contribution in [0.2, 0.25) is 0 Å². The van der Waals surface area contributed by atoms with E-state index in [1.54, 1.807) is 19.1 Å². The van der Waals surface area contributed by atoms with Crippen LogP contribution >= 0.6 is 0 Å². The molecular weight excluding hydrogens is 264 g/mol. The first kappa shape index (κ1) is 14.2. The fourth-order valence-corrected chi connectivity index (χ4v) is 2.19. The van der Waals surface area contributed by atoms with E-state index in [0.29, 0.717) is 18.9 Å². The molecule has 1 aromatic rings. The molecule has 0 aromatic carbocycles. The van der Waals surface area contributed by atoms with Crippen LogP contribution in [-0.4, -0.2) is 54.1 Å². The standard InChI is InChI=1S/C12H16N4O4/c1-13-11-10(5-8(6-14-11)16(18)19)12(17)15-4-3-9(7-15)20-2/h5-6,9H,3-4,7H2,1-2H3,(H,13,14). The van der Waals surface area contributed by atoms with Gasteiger partial charge in [0.2, 0.25) is 0 Å².